The molecule has 0 spiro atoms. The Kier molecular flexibility index (Phi) is 15.0. The van der Waals surface area contributed by atoms with Gasteiger partial charge in [0.05, 0.1) is 0 Å². The van der Waals surface area contributed by atoms with Crippen LogP contribution in [-0.2, 0) is 4.74 Å². The highest BCUT2D eigenvalue weighted by Gasteiger charge is 2.15. The van der Waals surface area contributed by atoms with Crippen LogP contribution in [0.15, 0.2) is 0 Å². The predicted molar refractivity (Wildman–Crippen MR) is 121 cm³/mol. The lowest BCUT2D eigenvalue weighted by molar-refractivity contribution is 0.115. The highest BCUT2D eigenvalue weighted by atomic mass is 33.1. The summed E-state index contributed by atoms with van der Waals surface area (Å²) < 4.78 is 7.82. The van der Waals surface area contributed by atoms with Crippen molar-refractivity contribution in [2.24, 2.45) is 0 Å². The number of nitrogens with zero attached hydrogens (tertiary/aromatic N) is 2. The Morgan fingerprint density at radius 2 is 1.09 bits per heavy atom. The van der Waals surface area contributed by atoms with Crippen molar-refractivity contribution in [3.05, 3.63) is 0 Å². The summed E-state index contributed by atoms with van der Waals surface area (Å²) in [5.41, 5.74) is 0.164. The Balaban J connectivity index is 4.04. The van der Waals surface area contributed by atoms with Crippen LogP contribution < -0.4 is 0 Å². The van der Waals surface area contributed by atoms with E-state index >= 15 is 0 Å². The Bertz CT molecular complexity index is 318. The number of hydrogen-bond donors (Lipinski definition) is 0. The molecule has 0 rings (SSSR count). The van der Waals surface area contributed by atoms with Crippen LogP contribution in [0.2, 0.25) is 0 Å². The fourth-order valence-electron chi connectivity index (χ4n) is 1.60. The Labute approximate surface area is 168 Å². The van der Waals surface area contributed by atoms with Crippen LogP contribution in [0.5, 0.6) is 0 Å². The van der Waals surface area contributed by atoms with Crippen molar-refractivity contribution in [1.82, 2.24) is 9.80 Å². The van der Waals surface area contributed by atoms with E-state index in [0.717, 1.165) is 34.8 Å². The second-order valence-corrected chi connectivity index (χ2v) is 10.8. The molecule has 0 radical (unpaired) electrons. The molecule has 0 bridgehead atoms. The van der Waals surface area contributed by atoms with Gasteiger partial charge in [-0.15, -0.1) is 0 Å². The van der Waals surface area contributed by atoms with Crippen molar-refractivity contribution >= 4 is 76.3 Å². The van der Waals surface area contributed by atoms with Gasteiger partial charge < -0.3 is 14.5 Å². The monoisotopic (exact) mass is 432 g/mol. The van der Waals surface area contributed by atoms with E-state index in [9.17, 15) is 0 Å². The normalized spacial score (nSPS) is 13.5. The SMILES string of the molecule is CCN(CC)C(=S)SSC(C)OC(C)SSC(=S)N(CC)CC. The molecule has 136 valence electrons. The summed E-state index contributed by atoms with van der Waals surface area (Å²) in [7, 11) is 6.57. The van der Waals surface area contributed by atoms with Crippen LogP contribution in [-0.4, -0.2) is 55.5 Å². The van der Waals surface area contributed by atoms with Crippen molar-refractivity contribution in [3.8, 4) is 0 Å². The van der Waals surface area contributed by atoms with Crippen molar-refractivity contribution in [2.75, 3.05) is 26.2 Å². The average molecular weight is 433 g/mol. The number of rotatable bonds is 10. The van der Waals surface area contributed by atoms with Crippen LogP contribution in [0.4, 0.5) is 0 Å². The molecule has 9 heteroatoms. The fourth-order valence-corrected chi connectivity index (χ4v) is 6.69. The minimum absolute atomic E-state index is 0.0821. The van der Waals surface area contributed by atoms with E-state index in [2.05, 4.69) is 51.3 Å². The van der Waals surface area contributed by atoms with Gasteiger partial charge in [-0.05, 0) is 63.1 Å². The molecule has 0 N–H and O–H groups in total. The third kappa shape index (κ3) is 10.7. The number of hydrogen-bond acceptors (Lipinski definition) is 7. The quantitative estimate of drug-likeness (QED) is 0.243. The van der Waals surface area contributed by atoms with E-state index in [1.165, 1.54) is 0 Å². The first-order chi connectivity index (χ1) is 10.9. The van der Waals surface area contributed by atoms with Crippen molar-refractivity contribution < 1.29 is 4.74 Å². The Morgan fingerprint density at radius 3 is 1.35 bits per heavy atom. The van der Waals surface area contributed by atoms with E-state index in [4.69, 9.17) is 29.2 Å². The zero-order valence-corrected chi connectivity index (χ0v) is 19.6. The molecule has 0 fully saturated rings. The summed E-state index contributed by atoms with van der Waals surface area (Å²) in [6, 6.07) is 0. The standard InChI is InChI=1S/C14H28N2OS6/c1-7-15(8-2)13(18)22-20-11(5)17-12(6)21-23-14(19)16(9-3)10-4/h11-12H,7-10H2,1-6H3. The molecule has 0 heterocycles. The van der Waals surface area contributed by atoms with Gasteiger partial charge in [-0.1, -0.05) is 46.0 Å². The van der Waals surface area contributed by atoms with E-state index in [-0.39, 0.29) is 10.9 Å². The maximum atomic E-state index is 5.97. The predicted octanol–water partition coefficient (Wildman–Crippen LogP) is 5.71. The zero-order valence-electron chi connectivity index (χ0n) is 14.7. The van der Waals surface area contributed by atoms with Crippen LogP contribution in [0, 0.1) is 0 Å². The molecule has 23 heavy (non-hydrogen) atoms. The Morgan fingerprint density at radius 1 is 0.783 bits per heavy atom. The summed E-state index contributed by atoms with van der Waals surface area (Å²) in [4.78, 5) is 4.35. The fraction of sp³-hybridized carbons (Fsp3) is 0.857. The first-order valence-corrected chi connectivity index (χ1v) is 13.0. The molecule has 0 aliphatic rings. The van der Waals surface area contributed by atoms with Gasteiger partial charge in [0.1, 0.15) is 19.5 Å². The molecule has 0 aromatic rings. The van der Waals surface area contributed by atoms with Crippen molar-refractivity contribution in [2.45, 2.75) is 52.4 Å². The highest BCUT2D eigenvalue weighted by Crippen LogP contribution is 2.35. The van der Waals surface area contributed by atoms with Gasteiger partial charge in [-0.2, -0.15) is 0 Å². The van der Waals surface area contributed by atoms with Gasteiger partial charge in [0.2, 0.25) is 0 Å². The molecule has 3 nitrogen and oxygen atoms in total. The Hall–Kier alpha value is 1.14. The molecular weight excluding hydrogens is 405 g/mol. The highest BCUT2D eigenvalue weighted by molar-refractivity contribution is 8.84. The van der Waals surface area contributed by atoms with Crippen LogP contribution in [0.3, 0.4) is 0 Å². The molecule has 0 aliphatic heterocycles. The zero-order chi connectivity index (χ0) is 17.8. The second-order valence-electron chi connectivity index (χ2n) is 4.51. The van der Waals surface area contributed by atoms with Crippen LogP contribution in [0.1, 0.15) is 41.5 Å². The average Bonchev–Trinajstić information content (AvgIpc) is 2.53. The topological polar surface area (TPSA) is 15.7 Å². The van der Waals surface area contributed by atoms with Gasteiger partial charge >= 0.3 is 0 Å². The summed E-state index contributed by atoms with van der Waals surface area (Å²) in [6.45, 7) is 16.4. The summed E-state index contributed by atoms with van der Waals surface area (Å²) >= 11 is 10.9. The summed E-state index contributed by atoms with van der Waals surface area (Å²) in [6.07, 6.45) is 0. The van der Waals surface area contributed by atoms with Crippen LogP contribution in [0.25, 0.3) is 0 Å². The molecule has 2 unspecified atom stereocenters. The minimum Gasteiger partial charge on any atom is -0.357 e. The maximum absolute atomic E-state index is 5.97. The molecule has 0 saturated heterocycles. The van der Waals surface area contributed by atoms with Gasteiger partial charge in [-0.25, -0.2) is 0 Å². The maximum Gasteiger partial charge on any atom is 0.147 e. The smallest absolute Gasteiger partial charge is 0.147 e. The van der Waals surface area contributed by atoms with Crippen molar-refractivity contribution in [1.29, 1.82) is 0 Å². The molecule has 2 atom stereocenters. The minimum atomic E-state index is 0.0821. The molecule has 0 aromatic carbocycles. The second kappa shape index (κ2) is 14.3. The third-order valence-electron chi connectivity index (χ3n) is 2.94. The number of ether oxygens (including phenoxy) is 1. The lowest BCUT2D eigenvalue weighted by Crippen LogP contribution is -2.26. The first-order valence-electron chi connectivity index (χ1n) is 7.79. The summed E-state index contributed by atoms with van der Waals surface area (Å²) in [5.74, 6) is 0. The van der Waals surface area contributed by atoms with Gasteiger partial charge in [0.25, 0.3) is 0 Å². The summed E-state index contributed by atoms with van der Waals surface area (Å²) in [5, 5.41) is 0. The first kappa shape index (κ1) is 24.1. The van der Waals surface area contributed by atoms with Crippen LogP contribution >= 0.6 is 67.6 Å². The molecule has 0 saturated carbocycles. The molecule has 0 amide bonds. The van der Waals surface area contributed by atoms with Gasteiger partial charge in [0, 0.05) is 26.2 Å². The van der Waals surface area contributed by atoms with E-state index < -0.39 is 0 Å². The molecule has 0 aromatic heterocycles. The lowest BCUT2D eigenvalue weighted by atomic mass is 10.6. The number of thiocarbonyl (C=S) groups is 2. The van der Waals surface area contributed by atoms with E-state index in [1.807, 2.05) is 0 Å². The van der Waals surface area contributed by atoms with Gasteiger partial charge in [-0.3, -0.25) is 0 Å². The van der Waals surface area contributed by atoms with Gasteiger partial charge in [0.15, 0.2) is 0 Å². The van der Waals surface area contributed by atoms with Crippen molar-refractivity contribution in [3.63, 3.8) is 0 Å². The molecule has 0 aliphatic carbocycles. The van der Waals surface area contributed by atoms with E-state index in [1.54, 1.807) is 43.2 Å². The largest absolute Gasteiger partial charge is 0.357 e. The molecular formula is C14H28N2OS6. The third-order valence-corrected chi connectivity index (χ3v) is 9.49. The lowest BCUT2D eigenvalue weighted by Gasteiger charge is -2.23. The van der Waals surface area contributed by atoms with E-state index in [0.29, 0.717) is 0 Å².